The molecule has 0 aliphatic rings. The van der Waals surface area contributed by atoms with Crippen LogP contribution in [0.4, 0.5) is 0 Å². The van der Waals surface area contributed by atoms with Crippen molar-refractivity contribution in [2.24, 2.45) is 5.73 Å². The second-order valence-corrected chi connectivity index (χ2v) is 4.23. The molecule has 3 nitrogen and oxygen atoms in total. The number of aromatic nitrogens is 1. The highest BCUT2D eigenvalue weighted by molar-refractivity contribution is 5.38. The molecule has 2 N–H and O–H groups in total. The SMILES string of the molecule is CCCOc1cncc(C#CC(C)(C)N)c1. The molecular formula is C13H18N2O. The minimum atomic E-state index is -0.486. The Morgan fingerprint density at radius 3 is 2.81 bits per heavy atom. The molecule has 0 fully saturated rings. The number of rotatable bonds is 3. The molecule has 0 saturated heterocycles. The van der Waals surface area contributed by atoms with Crippen molar-refractivity contribution in [3.63, 3.8) is 0 Å². The van der Waals surface area contributed by atoms with E-state index in [-0.39, 0.29) is 0 Å². The van der Waals surface area contributed by atoms with E-state index in [4.69, 9.17) is 10.5 Å². The smallest absolute Gasteiger partial charge is 0.138 e. The van der Waals surface area contributed by atoms with Crippen LogP contribution in [-0.2, 0) is 0 Å². The molecule has 0 amide bonds. The van der Waals surface area contributed by atoms with Gasteiger partial charge in [0.2, 0.25) is 0 Å². The van der Waals surface area contributed by atoms with Crippen LogP contribution in [0.15, 0.2) is 18.5 Å². The van der Waals surface area contributed by atoms with Gasteiger partial charge >= 0.3 is 0 Å². The van der Waals surface area contributed by atoms with Gasteiger partial charge in [0.1, 0.15) is 5.75 Å². The van der Waals surface area contributed by atoms with Crippen molar-refractivity contribution < 1.29 is 4.74 Å². The van der Waals surface area contributed by atoms with Gasteiger partial charge in [0, 0.05) is 11.8 Å². The van der Waals surface area contributed by atoms with Gasteiger partial charge in [-0.15, -0.1) is 0 Å². The fourth-order valence-electron chi connectivity index (χ4n) is 1.02. The summed E-state index contributed by atoms with van der Waals surface area (Å²) in [6.07, 6.45) is 4.37. The number of hydrogen-bond acceptors (Lipinski definition) is 3. The molecule has 86 valence electrons. The third-order valence-corrected chi connectivity index (χ3v) is 1.72. The molecule has 0 aromatic carbocycles. The molecule has 1 heterocycles. The van der Waals surface area contributed by atoms with Gasteiger partial charge in [0.15, 0.2) is 0 Å². The number of hydrogen-bond donors (Lipinski definition) is 1. The lowest BCUT2D eigenvalue weighted by Gasteiger charge is -2.07. The van der Waals surface area contributed by atoms with E-state index in [1.165, 1.54) is 0 Å². The second-order valence-electron chi connectivity index (χ2n) is 4.23. The highest BCUT2D eigenvalue weighted by atomic mass is 16.5. The Labute approximate surface area is 97.0 Å². The molecule has 1 aromatic rings. The molecule has 0 bridgehead atoms. The minimum absolute atomic E-state index is 0.486. The van der Waals surface area contributed by atoms with Crippen molar-refractivity contribution in [3.05, 3.63) is 24.0 Å². The molecule has 3 heteroatoms. The quantitative estimate of drug-likeness (QED) is 0.789. The highest BCUT2D eigenvalue weighted by Crippen LogP contribution is 2.10. The summed E-state index contributed by atoms with van der Waals surface area (Å²) in [5, 5.41) is 0. The first-order chi connectivity index (χ1) is 7.51. The van der Waals surface area contributed by atoms with Gasteiger partial charge in [-0.05, 0) is 26.3 Å². The first kappa shape index (κ1) is 12.5. The van der Waals surface area contributed by atoms with E-state index in [0.717, 1.165) is 17.7 Å². The summed E-state index contributed by atoms with van der Waals surface area (Å²) in [4.78, 5) is 4.07. The Kier molecular flexibility index (Phi) is 4.33. The number of ether oxygens (including phenoxy) is 1. The Morgan fingerprint density at radius 2 is 2.19 bits per heavy atom. The summed E-state index contributed by atoms with van der Waals surface area (Å²) in [5.74, 6) is 6.69. The van der Waals surface area contributed by atoms with Gasteiger partial charge in [-0.2, -0.15) is 0 Å². The lowest BCUT2D eigenvalue weighted by molar-refractivity contribution is 0.316. The van der Waals surface area contributed by atoms with Crippen molar-refractivity contribution in [2.75, 3.05) is 6.61 Å². The fraction of sp³-hybridized carbons (Fsp3) is 0.462. The van der Waals surface area contributed by atoms with Crippen LogP contribution in [0.25, 0.3) is 0 Å². The summed E-state index contributed by atoms with van der Waals surface area (Å²) < 4.78 is 5.47. The number of nitrogens with two attached hydrogens (primary N) is 1. The van der Waals surface area contributed by atoms with Crippen molar-refractivity contribution in [2.45, 2.75) is 32.7 Å². The molecule has 1 rings (SSSR count). The van der Waals surface area contributed by atoms with Gasteiger partial charge < -0.3 is 10.5 Å². The van der Waals surface area contributed by atoms with Crippen LogP contribution in [0, 0.1) is 11.8 Å². The Bertz CT molecular complexity index is 396. The third kappa shape index (κ3) is 4.81. The molecule has 0 aliphatic carbocycles. The van der Waals surface area contributed by atoms with Gasteiger partial charge in [-0.3, -0.25) is 4.98 Å². The largest absolute Gasteiger partial charge is 0.492 e. The predicted molar refractivity (Wildman–Crippen MR) is 65.2 cm³/mol. The van der Waals surface area contributed by atoms with Gasteiger partial charge in [-0.1, -0.05) is 18.8 Å². The number of nitrogens with zero attached hydrogens (tertiary/aromatic N) is 1. The van der Waals surface area contributed by atoms with Crippen LogP contribution in [0.5, 0.6) is 5.75 Å². The standard InChI is InChI=1S/C13H18N2O/c1-4-7-16-12-8-11(9-15-10-12)5-6-13(2,3)14/h8-10H,4,7,14H2,1-3H3. The molecule has 0 unspecified atom stereocenters. The van der Waals surface area contributed by atoms with E-state index in [0.29, 0.717) is 6.61 Å². The fourth-order valence-corrected chi connectivity index (χ4v) is 1.02. The maximum absolute atomic E-state index is 5.78. The Morgan fingerprint density at radius 1 is 1.44 bits per heavy atom. The molecule has 16 heavy (non-hydrogen) atoms. The molecule has 0 saturated carbocycles. The first-order valence-electron chi connectivity index (χ1n) is 5.41. The highest BCUT2D eigenvalue weighted by Gasteiger charge is 2.03. The third-order valence-electron chi connectivity index (χ3n) is 1.72. The van der Waals surface area contributed by atoms with E-state index in [2.05, 4.69) is 23.7 Å². The van der Waals surface area contributed by atoms with Crippen molar-refractivity contribution in [3.8, 4) is 17.6 Å². The number of pyridine rings is 1. The minimum Gasteiger partial charge on any atom is -0.492 e. The zero-order chi connectivity index (χ0) is 12.0. The monoisotopic (exact) mass is 218 g/mol. The van der Waals surface area contributed by atoms with Crippen LogP contribution in [0.1, 0.15) is 32.8 Å². The molecule has 1 aromatic heterocycles. The summed E-state index contributed by atoms with van der Waals surface area (Å²) in [6, 6.07) is 1.88. The normalized spacial score (nSPS) is 10.5. The average molecular weight is 218 g/mol. The van der Waals surface area contributed by atoms with E-state index in [1.54, 1.807) is 12.4 Å². The summed E-state index contributed by atoms with van der Waals surface area (Å²) in [7, 11) is 0. The maximum atomic E-state index is 5.78. The molecule has 0 radical (unpaired) electrons. The molecule has 0 spiro atoms. The maximum Gasteiger partial charge on any atom is 0.138 e. The van der Waals surface area contributed by atoms with Crippen molar-refractivity contribution >= 4 is 0 Å². The first-order valence-corrected chi connectivity index (χ1v) is 5.41. The van der Waals surface area contributed by atoms with Gasteiger partial charge in [0.05, 0.1) is 18.3 Å². The molecular weight excluding hydrogens is 200 g/mol. The van der Waals surface area contributed by atoms with Crippen LogP contribution in [0.3, 0.4) is 0 Å². The Balaban J connectivity index is 2.77. The van der Waals surface area contributed by atoms with Gasteiger partial charge in [-0.25, -0.2) is 0 Å². The second kappa shape index (κ2) is 5.53. The predicted octanol–water partition coefficient (Wildman–Crippen LogP) is 1.96. The van der Waals surface area contributed by atoms with E-state index in [1.807, 2.05) is 19.9 Å². The van der Waals surface area contributed by atoms with E-state index in [9.17, 15) is 0 Å². The van der Waals surface area contributed by atoms with Crippen LogP contribution in [-0.4, -0.2) is 17.1 Å². The zero-order valence-corrected chi connectivity index (χ0v) is 10.1. The summed E-state index contributed by atoms with van der Waals surface area (Å²) in [5.41, 5.74) is 6.12. The summed E-state index contributed by atoms with van der Waals surface area (Å²) >= 11 is 0. The lowest BCUT2D eigenvalue weighted by atomic mass is 10.1. The molecule has 0 aliphatic heterocycles. The van der Waals surface area contributed by atoms with Crippen molar-refractivity contribution in [1.82, 2.24) is 4.98 Å². The van der Waals surface area contributed by atoms with Gasteiger partial charge in [0.25, 0.3) is 0 Å². The van der Waals surface area contributed by atoms with Crippen LogP contribution >= 0.6 is 0 Å². The Hall–Kier alpha value is -1.53. The van der Waals surface area contributed by atoms with Crippen LogP contribution in [0.2, 0.25) is 0 Å². The zero-order valence-electron chi connectivity index (χ0n) is 10.1. The summed E-state index contributed by atoms with van der Waals surface area (Å²) in [6.45, 7) is 6.49. The van der Waals surface area contributed by atoms with E-state index >= 15 is 0 Å². The van der Waals surface area contributed by atoms with E-state index < -0.39 is 5.54 Å². The average Bonchev–Trinajstić information content (AvgIpc) is 2.23. The van der Waals surface area contributed by atoms with Crippen molar-refractivity contribution in [1.29, 1.82) is 0 Å². The lowest BCUT2D eigenvalue weighted by Crippen LogP contribution is -2.29. The molecule has 0 atom stereocenters. The van der Waals surface area contributed by atoms with Crippen LogP contribution < -0.4 is 10.5 Å². The topological polar surface area (TPSA) is 48.1 Å².